The van der Waals surface area contributed by atoms with E-state index in [0.717, 1.165) is 25.0 Å². The minimum Gasteiger partial charge on any atom is -0.381 e. The number of nitrogens with zero attached hydrogens (tertiary/aromatic N) is 5. The molecular weight excluding hydrogens is 470 g/mol. The van der Waals surface area contributed by atoms with Gasteiger partial charge < -0.3 is 21.1 Å². The second-order valence-corrected chi connectivity index (χ2v) is 9.17. The van der Waals surface area contributed by atoms with Crippen molar-refractivity contribution in [2.75, 3.05) is 23.8 Å². The second kappa shape index (κ2) is 10.0. The number of anilines is 3. The van der Waals surface area contributed by atoms with Gasteiger partial charge >= 0.3 is 0 Å². The molecular formula is C24H26F2N8O2. The lowest BCUT2D eigenvalue weighted by Gasteiger charge is -2.29. The van der Waals surface area contributed by atoms with Crippen LogP contribution in [0.25, 0.3) is 11.2 Å². The summed E-state index contributed by atoms with van der Waals surface area (Å²) in [4.78, 5) is 25.3. The van der Waals surface area contributed by atoms with Gasteiger partial charge in [0, 0.05) is 31.2 Å². The Bertz CT molecular complexity index is 1320. The summed E-state index contributed by atoms with van der Waals surface area (Å²) >= 11 is 0. The van der Waals surface area contributed by atoms with E-state index in [1.54, 1.807) is 16.8 Å². The molecule has 2 aliphatic rings. The summed E-state index contributed by atoms with van der Waals surface area (Å²) in [5, 5.41) is 15.3. The third-order valence-corrected chi connectivity index (χ3v) is 6.90. The van der Waals surface area contributed by atoms with Crippen LogP contribution >= 0.6 is 0 Å². The lowest BCUT2D eigenvalue weighted by atomic mass is 9.85. The number of fused-ring (bicyclic) bond motifs is 1. The normalized spacial score (nSPS) is 20.7. The highest BCUT2D eigenvalue weighted by Crippen LogP contribution is 2.37. The number of amides is 1. The Morgan fingerprint density at radius 2 is 1.89 bits per heavy atom. The number of halogens is 2. The first-order chi connectivity index (χ1) is 17.4. The first kappa shape index (κ1) is 23.9. The Morgan fingerprint density at radius 3 is 2.58 bits per heavy atom. The van der Waals surface area contributed by atoms with Crippen LogP contribution < -0.4 is 16.4 Å². The van der Waals surface area contributed by atoms with Crippen LogP contribution in [0.5, 0.6) is 0 Å². The van der Waals surface area contributed by atoms with Crippen LogP contribution in [-0.2, 0) is 9.53 Å². The standard InChI is InChI=1S/C24H26F2N8O2/c25-17-6-3-14(11-27)19(26)20(17)32-24-31-18-12-29-23(30-15-7-9-36-10-8-15)33-22(18)34(24)16-4-1-13(2-5-16)21(28)35/h3,6,12-13,15-16H,1-2,4-5,7-10H2,(H2,28,35)(H,31,32)(H,29,30,33). The van der Waals surface area contributed by atoms with Crippen molar-refractivity contribution in [3.8, 4) is 6.07 Å². The molecule has 12 heteroatoms. The molecule has 0 spiro atoms. The van der Waals surface area contributed by atoms with Crippen LogP contribution in [0, 0.1) is 28.9 Å². The van der Waals surface area contributed by atoms with Crippen molar-refractivity contribution in [2.45, 2.75) is 50.6 Å². The molecule has 0 radical (unpaired) electrons. The predicted octanol–water partition coefficient (Wildman–Crippen LogP) is 3.53. The van der Waals surface area contributed by atoms with Gasteiger partial charge in [-0.3, -0.25) is 9.36 Å². The zero-order valence-corrected chi connectivity index (χ0v) is 19.5. The Hall–Kier alpha value is -3.85. The van der Waals surface area contributed by atoms with E-state index >= 15 is 0 Å². The first-order valence-corrected chi connectivity index (χ1v) is 12.0. The molecule has 188 valence electrons. The summed E-state index contributed by atoms with van der Waals surface area (Å²) in [5.41, 5.74) is 5.70. The van der Waals surface area contributed by atoms with E-state index in [0.29, 0.717) is 56.0 Å². The van der Waals surface area contributed by atoms with Gasteiger partial charge in [0.1, 0.15) is 23.1 Å². The quantitative estimate of drug-likeness (QED) is 0.470. The number of benzene rings is 1. The average Bonchev–Trinajstić information content (AvgIpc) is 3.24. The molecule has 1 saturated heterocycles. The number of nitriles is 1. The zero-order valence-electron chi connectivity index (χ0n) is 19.5. The van der Waals surface area contributed by atoms with Crippen LogP contribution in [0.4, 0.5) is 26.4 Å². The predicted molar refractivity (Wildman–Crippen MR) is 127 cm³/mol. The molecule has 1 aliphatic heterocycles. The van der Waals surface area contributed by atoms with Crippen molar-refractivity contribution < 1.29 is 18.3 Å². The van der Waals surface area contributed by atoms with Gasteiger partial charge in [0.2, 0.25) is 17.8 Å². The maximum Gasteiger partial charge on any atom is 0.224 e. The van der Waals surface area contributed by atoms with Crippen LogP contribution in [0.1, 0.15) is 50.1 Å². The van der Waals surface area contributed by atoms with Gasteiger partial charge in [0.05, 0.1) is 11.8 Å². The number of hydrogen-bond donors (Lipinski definition) is 3. The number of primary amides is 1. The number of hydrogen-bond acceptors (Lipinski definition) is 8. The summed E-state index contributed by atoms with van der Waals surface area (Å²) in [6, 6.07) is 3.88. The smallest absolute Gasteiger partial charge is 0.224 e. The first-order valence-electron chi connectivity index (χ1n) is 12.0. The highest BCUT2D eigenvalue weighted by molar-refractivity contribution is 5.78. The summed E-state index contributed by atoms with van der Waals surface area (Å²) in [6.07, 6.45) is 5.64. The minimum absolute atomic E-state index is 0.135. The number of rotatable bonds is 6. The van der Waals surface area contributed by atoms with Crippen LogP contribution in [-0.4, -0.2) is 44.7 Å². The van der Waals surface area contributed by atoms with Gasteiger partial charge in [-0.15, -0.1) is 0 Å². The van der Waals surface area contributed by atoms with Crippen molar-refractivity contribution in [2.24, 2.45) is 11.7 Å². The average molecular weight is 497 g/mol. The maximum absolute atomic E-state index is 14.9. The highest BCUT2D eigenvalue weighted by atomic mass is 19.1. The summed E-state index contributed by atoms with van der Waals surface area (Å²) in [5.74, 6) is -1.79. The van der Waals surface area contributed by atoms with Gasteiger partial charge in [0.25, 0.3) is 0 Å². The molecule has 1 amide bonds. The van der Waals surface area contributed by atoms with Gasteiger partial charge in [-0.2, -0.15) is 10.2 Å². The number of ether oxygens (including phenoxy) is 1. The molecule has 5 rings (SSSR count). The molecule has 0 atom stereocenters. The molecule has 0 unspecified atom stereocenters. The molecule has 1 aromatic carbocycles. The SMILES string of the molecule is N#Cc1ccc(F)c(Nc2nc3cnc(NC4CCOCC4)nc3n2C2CCC(C(N)=O)CC2)c1F. The number of imidazole rings is 1. The number of carbonyl (C=O) groups is 1. The molecule has 36 heavy (non-hydrogen) atoms. The van der Waals surface area contributed by atoms with E-state index in [1.807, 2.05) is 0 Å². The lowest BCUT2D eigenvalue weighted by Crippen LogP contribution is -2.29. The van der Waals surface area contributed by atoms with Crippen molar-refractivity contribution in [3.05, 3.63) is 35.5 Å². The largest absolute Gasteiger partial charge is 0.381 e. The zero-order chi connectivity index (χ0) is 25.2. The van der Waals surface area contributed by atoms with Gasteiger partial charge in [-0.1, -0.05) is 0 Å². The number of aromatic nitrogens is 4. The van der Waals surface area contributed by atoms with Crippen molar-refractivity contribution in [1.29, 1.82) is 5.26 Å². The van der Waals surface area contributed by atoms with Crippen molar-refractivity contribution in [3.63, 3.8) is 0 Å². The lowest BCUT2D eigenvalue weighted by molar-refractivity contribution is -0.122. The van der Waals surface area contributed by atoms with Crippen LogP contribution in [0.15, 0.2) is 18.3 Å². The second-order valence-electron chi connectivity index (χ2n) is 9.17. The Morgan fingerprint density at radius 1 is 1.14 bits per heavy atom. The summed E-state index contributed by atoms with van der Waals surface area (Å²) in [6.45, 7) is 1.32. The number of nitrogens with two attached hydrogens (primary N) is 1. The molecule has 1 saturated carbocycles. The molecule has 10 nitrogen and oxygen atoms in total. The fourth-order valence-corrected chi connectivity index (χ4v) is 4.90. The fraction of sp³-hybridized carbons (Fsp3) is 0.458. The van der Waals surface area contributed by atoms with E-state index in [2.05, 4.69) is 20.6 Å². The molecule has 3 heterocycles. The number of carbonyl (C=O) groups excluding carboxylic acids is 1. The topological polar surface area (TPSA) is 144 Å². The van der Waals surface area contributed by atoms with Crippen molar-refractivity contribution in [1.82, 2.24) is 19.5 Å². The monoisotopic (exact) mass is 496 g/mol. The highest BCUT2D eigenvalue weighted by Gasteiger charge is 2.30. The molecule has 0 bridgehead atoms. The Balaban J connectivity index is 1.54. The summed E-state index contributed by atoms with van der Waals surface area (Å²) < 4.78 is 36.7. The number of nitrogens with one attached hydrogen (secondary N) is 2. The van der Waals surface area contributed by atoms with E-state index < -0.39 is 17.3 Å². The molecule has 3 aromatic rings. The Kier molecular flexibility index (Phi) is 6.65. The van der Waals surface area contributed by atoms with E-state index in [-0.39, 0.29) is 35.4 Å². The van der Waals surface area contributed by atoms with E-state index in [9.17, 15) is 18.8 Å². The molecule has 1 aliphatic carbocycles. The fourth-order valence-electron chi connectivity index (χ4n) is 4.90. The van der Waals surface area contributed by atoms with Crippen molar-refractivity contribution >= 4 is 34.7 Å². The molecule has 2 fully saturated rings. The molecule has 4 N–H and O–H groups in total. The third kappa shape index (κ3) is 4.66. The maximum atomic E-state index is 14.9. The van der Waals surface area contributed by atoms with E-state index in [1.165, 1.54) is 0 Å². The van der Waals surface area contributed by atoms with E-state index in [4.69, 9.17) is 15.5 Å². The molecule has 2 aromatic heterocycles. The van der Waals surface area contributed by atoms with Gasteiger partial charge in [-0.25, -0.2) is 18.7 Å². The van der Waals surface area contributed by atoms with Crippen LogP contribution in [0.2, 0.25) is 0 Å². The summed E-state index contributed by atoms with van der Waals surface area (Å²) in [7, 11) is 0. The Labute approximate surface area is 205 Å². The van der Waals surface area contributed by atoms with Gasteiger partial charge in [-0.05, 0) is 50.7 Å². The minimum atomic E-state index is -0.999. The van der Waals surface area contributed by atoms with Crippen LogP contribution in [0.3, 0.4) is 0 Å². The van der Waals surface area contributed by atoms with Gasteiger partial charge in [0.15, 0.2) is 11.5 Å². The third-order valence-electron chi connectivity index (χ3n) is 6.90.